The van der Waals surface area contributed by atoms with Crippen molar-refractivity contribution < 1.29 is 23.5 Å². The van der Waals surface area contributed by atoms with Gasteiger partial charge in [-0.05, 0) is 55.5 Å². The molecule has 43 heavy (non-hydrogen) atoms. The number of aromatic nitrogens is 2. The maximum Gasteiger partial charge on any atom is 0.327 e. The van der Waals surface area contributed by atoms with Crippen molar-refractivity contribution in [2.75, 3.05) is 55.6 Å². The highest BCUT2D eigenvalue weighted by molar-refractivity contribution is 6.03. The number of benzene rings is 3. The highest BCUT2D eigenvalue weighted by atomic mass is 19.1. The van der Waals surface area contributed by atoms with Crippen LogP contribution < -0.4 is 36.0 Å². The zero-order valence-corrected chi connectivity index (χ0v) is 24.0. The van der Waals surface area contributed by atoms with Crippen LogP contribution >= 0.6 is 0 Å². The van der Waals surface area contributed by atoms with E-state index in [0.717, 1.165) is 0 Å². The third kappa shape index (κ3) is 5.87. The van der Waals surface area contributed by atoms with Gasteiger partial charge in [0.05, 0.1) is 49.9 Å². The first-order valence-corrected chi connectivity index (χ1v) is 13.6. The van der Waals surface area contributed by atoms with E-state index in [4.69, 9.17) is 20.2 Å². The molecule has 4 amide bonds. The van der Waals surface area contributed by atoms with Crippen LogP contribution in [0.15, 0.2) is 71.5 Å². The van der Waals surface area contributed by atoms with Crippen LogP contribution in [0.4, 0.5) is 25.4 Å². The Bertz CT molecular complexity index is 1700. The molecule has 3 aromatic carbocycles. The number of nitrogens with two attached hydrogens (primary N) is 1. The SMILES string of the molecule is COc1ccc(N(C(=O)Nc2ccc(F)cc2)C(C)c2nc3ccccc3c(=O)n2N2CCN(C(N)=O)CC2)c(OC)c1. The first-order valence-electron chi connectivity index (χ1n) is 13.6. The number of nitrogens with one attached hydrogen (secondary N) is 1. The monoisotopic (exact) mass is 589 g/mol. The summed E-state index contributed by atoms with van der Waals surface area (Å²) in [5, 5.41) is 5.02. The van der Waals surface area contributed by atoms with Crippen molar-refractivity contribution in [3.8, 4) is 11.5 Å². The Morgan fingerprint density at radius 3 is 2.35 bits per heavy atom. The average Bonchev–Trinajstić information content (AvgIpc) is 3.02. The van der Waals surface area contributed by atoms with Gasteiger partial charge in [0.2, 0.25) is 0 Å². The second-order valence-electron chi connectivity index (χ2n) is 9.90. The van der Waals surface area contributed by atoms with E-state index in [9.17, 15) is 18.8 Å². The van der Waals surface area contributed by atoms with Gasteiger partial charge in [-0.3, -0.25) is 9.69 Å². The van der Waals surface area contributed by atoms with Crippen molar-refractivity contribution in [2.45, 2.75) is 13.0 Å². The van der Waals surface area contributed by atoms with Crippen molar-refractivity contribution in [3.63, 3.8) is 0 Å². The van der Waals surface area contributed by atoms with E-state index in [2.05, 4.69) is 5.32 Å². The summed E-state index contributed by atoms with van der Waals surface area (Å²) in [6.45, 7) is 3.00. The van der Waals surface area contributed by atoms with Crippen molar-refractivity contribution in [1.29, 1.82) is 0 Å². The molecule has 3 N–H and O–H groups in total. The van der Waals surface area contributed by atoms with Gasteiger partial charge in [-0.25, -0.2) is 23.6 Å². The lowest BCUT2D eigenvalue weighted by Crippen LogP contribution is -2.57. The number of piperazine rings is 1. The molecule has 0 aliphatic carbocycles. The van der Waals surface area contributed by atoms with Gasteiger partial charge < -0.3 is 30.4 Å². The summed E-state index contributed by atoms with van der Waals surface area (Å²) in [6, 6.07) is 15.4. The molecule has 1 fully saturated rings. The minimum absolute atomic E-state index is 0.281. The van der Waals surface area contributed by atoms with E-state index in [0.29, 0.717) is 60.0 Å². The number of carbonyl (C=O) groups excluding carboxylic acids is 2. The fourth-order valence-electron chi connectivity index (χ4n) is 5.11. The molecule has 5 rings (SSSR count). The number of ether oxygens (including phenoxy) is 2. The molecule has 0 radical (unpaired) electrons. The van der Waals surface area contributed by atoms with Crippen molar-refractivity contribution in [3.05, 3.63) is 88.7 Å². The number of amides is 4. The number of rotatable bonds is 7. The van der Waals surface area contributed by atoms with Gasteiger partial charge in [0.1, 0.15) is 17.3 Å². The molecule has 0 spiro atoms. The minimum atomic E-state index is -0.839. The largest absolute Gasteiger partial charge is 0.497 e. The summed E-state index contributed by atoms with van der Waals surface area (Å²) in [5.74, 6) is 0.689. The van der Waals surface area contributed by atoms with Crippen LogP contribution in [0.25, 0.3) is 10.9 Å². The Morgan fingerprint density at radius 1 is 1.00 bits per heavy atom. The number of hydrogen-bond acceptors (Lipinski definition) is 7. The van der Waals surface area contributed by atoms with Gasteiger partial charge >= 0.3 is 12.1 Å². The molecular formula is C30H32FN7O5. The number of primary amides is 1. The van der Waals surface area contributed by atoms with E-state index in [-0.39, 0.29) is 11.4 Å². The van der Waals surface area contributed by atoms with Crippen LogP contribution in [0.3, 0.4) is 0 Å². The second-order valence-corrected chi connectivity index (χ2v) is 9.90. The number of methoxy groups -OCH3 is 2. The van der Waals surface area contributed by atoms with E-state index in [1.54, 1.807) is 54.4 Å². The summed E-state index contributed by atoms with van der Waals surface area (Å²) >= 11 is 0. The number of hydrogen-bond donors (Lipinski definition) is 2. The number of para-hydroxylation sites is 1. The molecule has 13 heteroatoms. The molecule has 0 bridgehead atoms. The maximum atomic E-state index is 14.0. The topological polar surface area (TPSA) is 135 Å². The Balaban J connectivity index is 1.66. The molecular weight excluding hydrogens is 557 g/mol. The van der Waals surface area contributed by atoms with Gasteiger partial charge in [0, 0.05) is 24.8 Å². The molecule has 2 heterocycles. The zero-order valence-electron chi connectivity index (χ0n) is 24.0. The number of halogens is 1. The van der Waals surface area contributed by atoms with Gasteiger partial charge in [0.25, 0.3) is 5.56 Å². The van der Waals surface area contributed by atoms with Gasteiger partial charge in [-0.1, -0.05) is 12.1 Å². The van der Waals surface area contributed by atoms with Crippen LogP contribution in [0.2, 0.25) is 0 Å². The van der Waals surface area contributed by atoms with Gasteiger partial charge in [-0.2, -0.15) is 0 Å². The molecule has 4 aromatic rings. The molecule has 224 valence electrons. The quantitative estimate of drug-likeness (QED) is 0.336. The highest BCUT2D eigenvalue weighted by Gasteiger charge is 2.32. The lowest BCUT2D eigenvalue weighted by Gasteiger charge is -2.38. The number of urea groups is 2. The van der Waals surface area contributed by atoms with Crippen molar-refractivity contribution in [1.82, 2.24) is 14.6 Å². The third-order valence-corrected chi connectivity index (χ3v) is 7.35. The summed E-state index contributed by atoms with van der Waals surface area (Å²) < 4.78 is 26.1. The minimum Gasteiger partial charge on any atom is -0.497 e. The fraction of sp³-hybridized carbons (Fsp3) is 0.267. The lowest BCUT2D eigenvalue weighted by atomic mass is 10.1. The van der Waals surface area contributed by atoms with E-state index in [1.807, 2.05) is 0 Å². The standard InChI is InChI=1S/C30H32FN7O5/c1-19(27-34-24-7-5-4-6-23(24)28(39)38(27)36-16-14-35(15-17-36)29(32)40)37(25-13-12-22(42-2)18-26(25)43-3)30(41)33-21-10-8-20(31)9-11-21/h4-13,18-19H,14-17H2,1-3H3,(H2,32,40)(H,33,41). The molecule has 1 aliphatic rings. The Labute approximate surface area is 247 Å². The van der Waals surface area contributed by atoms with Crippen molar-refractivity contribution >= 4 is 34.3 Å². The first kappa shape index (κ1) is 29.2. The molecule has 0 saturated carbocycles. The summed E-state index contributed by atoms with van der Waals surface area (Å²) in [4.78, 5) is 47.6. The van der Waals surface area contributed by atoms with Crippen LogP contribution in [0, 0.1) is 5.82 Å². The molecule has 1 unspecified atom stereocenters. The molecule has 1 aliphatic heterocycles. The van der Waals surface area contributed by atoms with E-state index in [1.165, 1.54) is 53.0 Å². The van der Waals surface area contributed by atoms with Crippen LogP contribution in [-0.2, 0) is 0 Å². The lowest BCUT2D eigenvalue weighted by molar-refractivity contribution is 0.199. The predicted molar refractivity (Wildman–Crippen MR) is 161 cm³/mol. The van der Waals surface area contributed by atoms with Crippen molar-refractivity contribution in [2.24, 2.45) is 5.73 Å². The van der Waals surface area contributed by atoms with E-state index < -0.39 is 23.9 Å². The van der Waals surface area contributed by atoms with Crippen LogP contribution in [-0.4, -0.2) is 67.0 Å². The number of carbonyl (C=O) groups is 2. The van der Waals surface area contributed by atoms with Crippen LogP contribution in [0.5, 0.6) is 11.5 Å². The predicted octanol–water partition coefficient (Wildman–Crippen LogP) is 3.68. The molecule has 1 aromatic heterocycles. The summed E-state index contributed by atoms with van der Waals surface area (Å²) in [7, 11) is 2.99. The third-order valence-electron chi connectivity index (χ3n) is 7.35. The number of fused-ring (bicyclic) bond motifs is 1. The highest BCUT2D eigenvalue weighted by Crippen LogP contribution is 2.37. The second kappa shape index (κ2) is 12.3. The number of nitrogens with zero attached hydrogens (tertiary/aromatic N) is 5. The molecule has 1 saturated heterocycles. The normalized spacial score (nSPS) is 13.9. The zero-order chi connectivity index (χ0) is 30.7. The molecule has 12 nitrogen and oxygen atoms in total. The van der Waals surface area contributed by atoms with Gasteiger partial charge in [0.15, 0.2) is 5.82 Å². The Kier molecular flexibility index (Phi) is 8.32. The summed E-state index contributed by atoms with van der Waals surface area (Å²) in [6.07, 6.45) is 0. The fourth-order valence-corrected chi connectivity index (χ4v) is 5.11. The van der Waals surface area contributed by atoms with E-state index >= 15 is 0 Å². The average molecular weight is 590 g/mol. The molecule has 1 atom stereocenters. The first-order chi connectivity index (χ1) is 20.7. The number of anilines is 2. The maximum absolute atomic E-state index is 14.0. The van der Waals surface area contributed by atoms with Crippen LogP contribution in [0.1, 0.15) is 18.8 Å². The summed E-state index contributed by atoms with van der Waals surface area (Å²) in [5.41, 5.74) is 6.37. The Morgan fingerprint density at radius 2 is 1.70 bits per heavy atom. The van der Waals surface area contributed by atoms with Gasteiger partial charge in [-0.15, -0.1) is 0 Å². The Hall–Kier alpha value is -5.33. The smallest absolute Gasteiger partial charge is 0.327 e.